The Morgan fingerprint density at radius 1 is 0.329 bits per heavy atom. The SMILES string of the molecule is CC/C=C\C/C=C\C/C=C\C/C=C\C/C=C\CCCCCC(=O)OCC(COCCCCC/C=C\C/C=C\C/C=C\C/C=C\CC)OC(=O)CCCCCCCC/C=C\C/C=C\C/C=C\CCCCC. The van der Waals surface area contributed by atoms with Crippen LogP contribution < -0.4 is 0 Å². The number of ether oxygens (including phenoxy) is 3. The quantitative estimate of drug-likeness (QED) is 0.0345. The summed E-state index contributed by atoms with van der Waals surface area (Å²) < 4.78 is 17.4. The van der Waals surface area contributed by atoms with Crippen LogP contribution in [0.4, 0.5) is 0 Å². The molecule has 0 rings (SSSR count). The smallest absolute Gasteiger partial charge is 0.306 e. The molecule has 394 valence electrons. The first-order valence-corrected chi connectivity index (χ1v) is 28.4. The van der Waals surface area contributed by atoms with E-state index in [1.54, 1.807) is 0 Å². The van der Waals surface area contributed by atoms with Crippen LogP contribution in [0.25, 0.3) is 0 Å². The maximum Gasteiger partial charge on any atom is 0.306 e. The van der Waals surface area contributed by atoms with Crippen LogP contribution in [0.5, 0.6) is 0 Å². The number of carbonyl (C=O) groups is 2. The summed E-state index contributed by atoms with van der Waals surface area (Å²) in [5.74, 6) is -0.477. The minimum atomic E-state index is -0.586. The molecule has 0 aromatic carbocycles. The second-order valence-corrected chi connectivity index (χ2v) is 18.1. The Labute approximate surface area is 431 Å². The first kappa shape index (κ1) is 65.8. The van der Waals surface area contributed by atoms with Crippen LogP contribution in [0.2, 0.25) is 0 Å². The van der Waals surface area contributed by atoms with E-state index in [4.69, 9.17) is 14.2 Å². The number of carbonyl (C=O) groups excluding carboxylic acids is 2. The summed E-state index contributed by atoms with van der Waals surface area (Å²) in [6.07, 6.45) is 85.8. The number of allylic oxidation sites excluding steroid dienone is 24. The van der Waals surface area contributed by atoms with Gasteiger partial charge in [-0.05, 0) is 141 Å². The van der Waals surface area contributed by atoms with Gasteiger partial charge >= 0.3 is 11.9 Å². The zero-order chi connectivity index (χ0) is 50.6. The van der Waals surface area contributed by atoms with Gasteiger partial charge in [0, 0.05) is 19.4 Å². The van der Waals surface area contributed by atoms with Crippen LogP contribution in [-0.4, -0.2) is 37.9 Å². The van der Waals surface area contributed by atoms with E-state index in [0.29, 0.717) is 19.4 Å². The lowest BCUT2D eigenvalue weighted by atomic mass is 10.1. The predicted octanol–water partition coefficient (Wildman–Crippen LogP) is 19.7. The lowest BCUT2D eigenvalue weighted by molar-refractivity contribution is -0.163. The van der Waals surface area contributed by atoms with E-state index in [-0.39, 0.29) is 25.2 Å². The Morgan fingerprint density at radius 2 is 0.643 bits per heavy atom. The minimum Gasteiger partial charge on any atom is -0.462 e. The average molecular weight is 966 g/mol. The van der Waals surface area contributed by atoms with Crippen molar-refractivity contribution in [3.8, 4) is 0 Å². The molecule has 0 aliphatic rings. The lowest BCUT2D eigenvalue weighted by Gasteiger charge is -2.18. The van der Waals surface area contributed by atoms with E-state index in [2.05, 4.69) is 167 Å². The van der Waals surface area contributed by atoms with Crippen molar-refractivity contribution in [3.63, 3.8) is 0 Å². The second kappa shape index (κ2) is 59.1. The summed E-state index contributed by atoms with van der Waals surface area (Å²) in [5, 5.41) is 0. The highest BCUT2D eigenvalue weighted by Gasteiger charge is 2.17. The molecule has 70 heavy (non-hydrogen) atoms. The highest BCUT2D eigenvalue weighted by atomic mass is 16.6. The molecule has 1 unspecified atom stereocenters. The fourth-order valence-corrected chi connectivity index (χ4v) is 7.18. The molecular weight excluding hydrogens is 861 g/mol. The average Bonchev–Trinajstić information content (AvgIpc) is 3.36. The molecule has 0 saturated heterocycles. The first-order valence-electron chi connectivity index (χ1n) is 28.4. The van der Waals surface area contributed by atoms with Crippen molar-refractivity contribution < 1.29 is 23.8 Å². The number of rotatable bonds is 50. The molecule has 0 bridgehead atoms. The predicted molar refractivity (Wildman–Crippen MR) is 306 cm³/mol. The van der Waals surface area contributed by atoms with Crippen molar-refractivity contribution in [3.05, 3.63) is 146 Å². The van der Waals surface area contributed by atoms with Gasteiger partial charge in [-0.3, -0.25) is 9.59 Å². The number of hydrogen-bond acceptors (Lipinski definition) is 5. The van der Waals surface area contributed by atoms with Gasteiger partial charge in [0.2, 0.25) is 0 Å². The summed E-state index contributed by atoms with van der Waals surface area (Å²) in [6.45, 7) is 7.44. The third kappa shape index (κ3) is 56.4. The Morgan fingerprint density at radius 3 is 1.04 bits per heavy atom. The summed E-state index contributed by atoms with van der Waals surface area (Å²) in [5.41, 5.74) is 0. The van der Waals surface area contributed by atoms with Crippen LogP contribution in [-0.2, 0) is 23.8 Å². The molecule has 0 spiro atoms. The molecule has 5 heteroatoms. The number of hydrogen-bond donors (Lipinski definition) is 0. The van der Waals surface area contributed by atoms with Crippen LogP contribution in [0.1, 0.15) is 226 Å². The third-order valence-corrected chi connectivity index (χ3v) is 11.3. The van der Waals surface area contributed by atoms with Gasteiger partial charge in [0.1, 0.15) is 6.61 Å². The molecule has 0 heterocycles. The molecular formula is C65H104O5. The first-order chi connectivity index (χ1) is 34.6. The van der Waals surface area contributed by atoms with Crippen molar-refractivity contribution in [2.24, 2.45) is 0 Å². The van der Waals surface area contributed by atoms with E-state index in [1.165, 1.54) is 44.9 Å². The van der Waals surface area contributed by atoms with E-state index in [9.17, 15) is 9.59 Å². The van der Waals surface area contributed by atoms with Crippen molar-refractivity contribution in [1.29, 1.82) is 0 Å². The monoisotopic (exact) mass is 965 g/mol. The molecule has 0 aromatic heterocycles. The Bertz CT molecular complexity index is 1510. The van der Waals surface area contributed by atoms with Gasteiger partial charge in [-0.15, -0.1) is 0 Å². The minimum absolute atomic E-state index is 0.0394. The van der Waals surface area contributed by atoms with E-state index in [1.807, 2.05) is 0 Å². The van der Waals surface area contributed by atoms with Crippen molar-refractivity contribution in [1.82, 2.24) is 0 Å². The molecule has 0 N–H and O–H groups in total. The van der Waals surface area contributed by atoms with Gasteiger partial charge in [0.05, 0.1) is 6.61 Å². The molecule has 0 aliphatic heterocycles. The molecule has 0 aliphatic carbocycles. The number of unbranched alkanes of at least 4 members (excludes halogenated alkanes) is 15. The molecule has 0 fully saturated rings. The normalized spacial score (nSPS) is 13.4. The van der Waals surface area contributed by atoms with E-state index >= 15 is 0 Å². The number of esters is 2. The van der Waals surface area contributed by atoms with E-state index < -0.39 is 6.10 Å². The van der Waals surface area contributed by atoms with Crippen molar-refractivity contribution >= 4 is 11.9 Å². The summed E-state index contributed by atoms with van der Waals surface area (Å²) >= 11 is 0. The van der Waals surface area contributed by atoms with Gasteiger partial charge < -0.3 is 14.2 Å². The van der Waals surface area contributed by atoms with Gasteiger partial charge in [-0.2, -0.15) is 0 Å². The maximum atomic E-state index is 12.9. The Kier molecular flexibility index (Phi) is 55.5. The van der Waals surface area contributed by atoms with Gasteiger partial charge in [-0.25, -0.2) is 0 Å². The fourth-order valence-electron chi connectivity index (χ4n) is 7.18. The second-order valence-electron chi connectivity index (χ2n) is 18.1. The van der Waals surface area contributed by atoms with Gasteiger partial charge in [0.25, 0.3) is 0 Å². The van der Waals surface area contributed by atoms with E-state index in [0.717, 1.165) is 148 Å². The fraction of sp³-hybridized carbons (Fsp3) is 0.600. The molecule has 1 atom stereocenters. The molecule has 5 nitrogen and oxygen atoms in total. The Balaban J connectivity index is 4.46. The van der Waals surface area contributed by atoms with Crippen LogP contribution in [0.3, 0.4) is 0 Å². The van der Waals surface area contributed by atoms with Crippen LogP contribution in [0.15, 0.2) is 146 Å². The van der Waals surface area contributed by atoms with Crippen molar-refractivity contribution in [2.75, 3.05) is 19.8 Å². The van der Waals surface area contributed by atoms with Crippen molar-refractivity contribution in [2.45, 2.75) is 232 Å². The molecule has 0 aromatic rings. The summed E-state index contributed by atoms with van der Waals surface area (Å²) in [4.78, 5) is 25.5. The zero-order valence-electron chi connectivity index (χ0n) is 45.2. The highest BCUT2D eigenvalue weighted by molar-refractivity contribution is 5.70. The van der Waals surface area contributed by atoms with Crippen LogP contribution >= 0.6 is 0 Å². The van der Waals surface area contributed by atoms with Gasteiger partial charge in [0.15, 0.2) is 6.10 Å². The zero-order valence-corrected chi connectivity index (χ0v) is 45.2. The maximum absolute atomic E-state index is 12.9. The third-order valence-electron chi connectivity index (χ3n) is 11.3. The standard InChI is InChI=1S/C65H104O5/c1-4-7-10-13-16-19-22-25-28-31-33-35-37-40-43-46-49-52-55-58-64(66)69-62-63(61-68-60-57-54-51-48-45-42-39-30-27-24-21-18-15-12-9-6-3)70-65(67)59-56-53-50-47-44-41-38-36-34-32-29-26-23-20-17-14-11-8-5-2/h7,9-10,12,16-21,25-30,33-36,40,42-43,45,63H,4-6,8,11,13-15,22-24,31-32,37-39,41,44,46-62H2,1-3H3/b10-7-,12-9-,19-16-,20-17-,21-18-,28-25-,29-26-,30-27-,35-33-,36-34-,43-40-,45-42-. The topological polar surface area (TPSA) is 61.8 Å². The van der Waals surface area contributed by atoms with Gasteiger partial charge in [-0.1, -0.05) is 218 Å². The largest absolute Gasteiger partial charge is 0.462 e. The highest BCUT2D eigenvalue weighted by Crippen LogP contribution is 2.12. The summed E-state index contributed by atoms with van der Waals surface area (Å²) in [6, 6.07) is 0. The lowest BCUT2D eigenvalue weighted by Crippen LogP contribution is -2.30. The summed E-state index contributed by atoms with van der Waals surface area (Å²) in [7, 11) is 0. The molecule has 0 radical (unpaired) electrons. The Hall–Kier alpha value is -4.22. The molecule has 0 amide bonds. The van der Waals surface area contributed by atoms with Crippen LogP contribution in [0, 0.1) is 0 Å². The molecule has 0 saturated carbocycles.